The van der Waals surface area contributed by atoms with Crippen LogP contribution in [-0.4, -0.2) is 0 Å². The monoisotopic (exact) mass is 524 g/mol. The molecule has 0 unspecified atom stereocenters. The minimum absolute atomic E-state index is 0.0389. The van der Waals surface area contributed by atoms with Crippen LogP contribution in [0.4, 0.5) is 0 Å². The van der Waals surface area contributed by atoms with Crippen molar-refractivity contribution in [3.05, 3.63) is 167 Å². The molecule has 6 aromatic carbocycles. The molecule has 0 bridgehead atoms. The van der Waals surface area contributed by atoms with Crippen LogP contribution in [0.5, 0.6) is 11.5 Å². The molecule has 6 aromatic rings. The molecular weight excluding hydrogens is 496 g/mol. The SMILES string of the molecule is CC1(C)c2ccccc2-c2ccc(-c3ccc4c(c3)C3(c5ccccc5O4)c4ccccc4-c4ccccc43)cc21. The van der Waals surface area contributed by atoms with Crippen molar-refractivity contribution in [1.82, 2.24) is 0 Å². The fourth-order valence-corrected chi connectivity index (χ4v) is 7.92. The topological polar surface area (TPSA) is 9.23 Å². The van der Waals surface area contributed by atoms with Crippen molar-refractivity contribution < 1.29 is 4.74 Å². The Hall–Kier alpha value is -4.88. The first-order valence-corrected chi connectivity index (χ1v) is 14.4. The molecule has 0 saturated carbocycles. The Morgan fingerprint density at radius 2 is 0.854 bits per heavy atom. The van der Waals surface area contributed by atoms with E-state index in [1.165, 1.54) is 66.8 Å². The lowest BCUT2D eigenvalue weighted by Crippen LogP contribution is -2.32. The summed E-state index contributed by atoms with van der Waals surface area (Å²) in [4.78, 5) is 0. The average Bonchev–Trinajstić information content (AvgIpc) is 3.44. The second kappa shape index (κ2) is 7.86. The molecule has 0 amide bonds. The number of rotatable bonds is 1. The van der Waals surface area contributed by atoms with Gasteiger partial charge in [0.15, 0.2) is 0 Å². The van der Waals surface area contributed by atoms with Crippen molar-refractivity contribution in [3.8, 4) is 44.9 Å². The molecule has 1 spiro atoms. The van der Waals surface area contributed by atoms with Gasteiger partial charge in [0.1, 0.15) is 11.5 Å². The number of ether oxygens (including phenoxy) is 1. The maximum atomic E-state index is 6.63. The van der Waals surface area contributed by atoms with E-state index in [0.29, 0.717) is 0 Å². The minimum atomic E-state index is -0.445. The summed E-state index contributed by atoms with van der Waals surface area (Å²) < 4.78 is 6.63. The highest BCUT2D eigenvalue weighted by molar-refractivity contribution is 5.89. The van der Waals surface area contributed by atoms with Gasteiger partial charge in [0.25, 0.3) is 0 Å². The summed E-state index contributed by atoms with van der Waals surface area (Å²) in [7, 11) is 0. The van der Waals surface area contributed by atoms with Crippen LogP contribution < -0.4 is 4.74 Å². The Labute approximate surface area is 240 Å². The van der Waals surface area contributed by atoms with E-state index < -0.39 is 5.41 Å². The Morgan fingerprint density at radius 3 is 1.54 bits per heavy atom. The van der Waals surface area contributed by atoms with E-state index in [0.717, 1.165) is 11.5 Å². The first-order valence-electron chi connectivity index (χ1n) is 14.4. The molecule has 9 rings (SSSR count). The van der Waals surface area contributed by atoms with E-state index in [1.807, 2.05) is 0 Å². The second-order valence-corrected chi connectivity index (χ2v) is 12.1. The van der Waals surface area contributed by atoms with Crippen LogP contribution in [0.2, 0.25) is 0 Å². The molecule has 0 fully saturated rings. The van der Waals surface area contributed by atoms with E-state index in [-0.39, 0.29) is 5.41 Å². The third-order valence-corrected chi connectivity index (χ3v) is 9.76. The van der Waals surface area contributed by atoms with Gasteiger partial charge in [-0.15, -0.1) is 0 Å². The van der Waals surface area contributed by atoms with Crippen molar-refractivity contribution >= 4 is 0 Å². The summed E-state index contributed by atoms with van der Waals surface area (Å²) >= 11 is 0. The molecule has 1 nitrogen and oxygen atoms in total. The van der Waals surface area contributed by atoms with Crippen molar-refractivity contribution in [2.75, 3.05) is 0 Å². The van der Waals surface area contributed by atoms with Crippen molar-refractivity contribution in [3.63, 3.8) is 0 Å². The van der Waals surface area contributed by atoms with Gasteiger partial charge in [-0.3, -0.25) is 0 Å². The van der Waals surface area contributed by atoms with Gasteiger partial charge < -0.3 is 4.74 Å². The van der Waals surface area contributed by atoms with Crippen LogP contribution in [0, 0.1) is 0 Å². The van der Waals surface area contributed by atoms with Crippen LogP contribution >= 0.6 is 0 Å². The van der Waals surface area contributed by atoms with Crippen LogP contribution in [0.25, 0.3) is 33.4 Å². The predicted octanol–water partition coefficient (Wildman–Crippen LogP) is 10.1. The zero-order chi connectivity index (χ0) is 27.3. The fourth-order valence-electron chi connectivity index (χ4n) is 7.92. The highest BCUT2D eigenvalue weighted by Crippen LogP contribution is 2.62. The molecule has 1 heterocycles. The van der Waals surface area contributed by atoms with E-state index >= 15 is 0 Å². The lowest BCUT2D eigenvalue weighted by atomic mass is 9.65. The lowest BCUT2D eigenvalue weighted by molar-refractivity contribution is 0.436. The molecule has 0 aromatic heterocycles. The van der Waals surface area contributed by atoms with E-state index in [2.05, 4.69) is 147 Å². The highest BCUT2D eigenvalue weighted by atomic mass is 16.5. The molecule has 194 valence electrons. The highest BCUT2D eigenvalue weighted by Gasteiger charge is 2.51. The summed E-state index contributed by atoms with van der Waals surface area (Å²) in [6, 6.07) is 49.0. The van der Waals surface area contributed by atoms with Gasteiger partial charge in [-0.1, -0.05) is 123 Å². The first kappa shape index (κ1) is 22.9. The molecule has 0 saturated heterocycles. The summed E-state index contributed by atoms with van der Waals surface area (Å²) in [5.41, 5.74) is 15.1. The summed E-state index contributed by atoms with van der Waals surface area (Å²) in [6.07, 6.45) is 0. The van der Waals surface area contributed by atoms with Gasteiger partial charge in [-0.2, -0.15) is 0 Å². The van der Waals surface area contributed by atoms with Crippen molar-refractivity contribution in [2.45, 2.75) is 24.7 Å². The van der Waals surface area contributed by atoms with Gasteiger partial charge in [0.05, 0.1) is 5.41 Å². The summed E-state index contributed by atoms with van der Waals surface area (Å²) in [6.45, 7) is 4.70. The molecule has 0 radical (unpaired) electrons. The Morgan fingerprint density at radius 1 is 0.390 bits per heavy atom. The van der Waals surface area contributed by atoms with Gasteiger partial charge >= 0.3 is 0 Å². The number of hydrogen-bond acceptors (Lipinski definition) is 1. The zero-order valence-electron chi connectivity index (χ0n) is 23.1. The van der Waals surface area contributed by atoms with Crippen molar-refractivity contribution in [1.29, 1.82) is 0 Å². The van der Waals surface area contributed by atoms with E-state index in [1.54, 1.807) is 0 Å². The quantitative estimate of drug-likeness (QED) is 0.208. The standard InChI is InChI=1S/C40H28O/c1-39(2)31-14-6-3-11-27(31)30-21-19-25(23-35(30)39)26-20-22-38-36(24-26)40(34-17-9-10-18-37(34)41-38)32-15-7-4-12-28(32)29-13-5-8-16-33(29)40/h3-24H,1-2H3. The van der Waals surface area contributed by atoms with Gasteiger partial charge in [0.2, 0.25) is 0 Å². The molecule has 41 heavy (non-hydrogen) atoms. The maximum Gasteiger partial charge on any atom is 0.132 e. The van der Waals surface area contributed by atoms with Crippen LogP contribution in [0.3, 0.4) is 0 Å². The fraction of sp³-hybridized carbons (Fsp3) is 0.100. The lowest BCUT2D eigenvalue weighted by Gasteiger charge is -2.39. The number of fused-ring (bicyclic) bond motifs is 12. The molecule has 1 aliphatic heterocycles. The Balaban J connectivity index is 1.31. The number of benzene rings is 6. The molecule has 0 N–H and O–H groups in total. The molecular formula is C40H28O. The van der Waals surface area contributed by atoms with Crippen molar-refractivity contribution in [2.24, 2.45) is 0 Å². The van der Waals surface area contributed by atoms with Crippen LogP contribution in [0.15, 0.2) is 133 Å². The van der Waals surface area contributed by atoms with Gasteiger partial charge in [-0.05, 0) is 79.9 Å². The Bertz CT molecular complexity index is 2020. The number of hydrogen-bond donors (Lipinski definition) is 0. The maximum absolute atomic E-state index is 6.63. The predicted molar refractivity (Wildman–Crippen MR) is 167 cm³/mol. The summed E-state index contributed by atoms with van der Waals surface area (Å²) in [5.74, 6) is 1.85. The third kappa shape index (κ3) is 2.81. The normalized spacial score (nSPS) is 15.7. The smallest absolute Gasteiger partial charge is 0.132 e. The van der Waals surface area contributed by atoms with Gasteiger partial charge in [0, 0.05) is 16.5 Å². The van der Waals surface area contributed by atoms with Crippen LogP contribution in [0.1, 0.15) is 47.2 Å². The van der Waals surface area contributed by atoms with E-state index in [4.69, 9.17) is 4.74 Å². The molecule has 2 aliphatic carbocycles. The molecule has 0 atom stereocenters. The molecule has 3 aliphatic rings. The first-order chi connectivity index (χ1) is 20.1. The van der Waals surface area contributed by atoms with Gasteiger partial charge in [-0.25, -0.2) is 0 Å². The zero-order valence-corrected chi connectivity index (χ0v) is 23.1. The third-order valence-electron chi connectivity index (χ3n) is 9.76. The average molecular weight is 525 g/mol. The largest absolute Gasteiger partial charge is 0.457 e. The second-order valence-electron chi connectivity index (χ2n) is 12.1. The minimum Gasteiger partial charge on any atom is -0.457 e. The number of para-hydroxylation sites is 1. The van der Waals surface area contributed by atoms with E-state index in [9.17, 15) is 0 Å². The van der Waals surface area contributed by atoms with Crippen LogP contribution in [-0.2, 0) is 10.8 Å². The molecule has 1 heteroatoms. The summed E-state index contributed by atoms with van der Waals surface area (Å²) in [5, 5.41) is 0. The Kier molecular flexibility index (Phi) is 4.39.